The summed E-state index contributed by atoms with van der Waals surface area (Å²) < 4.78 is 23.4. The van der Waals surface area contributed by atoms with E-state index < -0.39 is 10.0 Å². The molecule has 0 unspecified atom stereocenters. The number of benzene rings is 1. The van der Waals surface area contributed by atoms with Crippen LogP contribution in [0.5, 0.6) is 0 Å². The number of nitrogens with one attached hydrogen (secondary N) is 1. The first-order chi connectivity index (χ1) is 7.33. The van der Waals surface area contributed by atoms with Crippen LogP contribution in [0, 0.1) is 0 Å². The van der Waals surface area contributed by atoms with Gasteiger partial charge in [-0.25, -0.2) is 13.4 Å². The van der Waals surface area contributed by atoms with Gasteiger partial charge in [-0.3, -0.25) is 4.79 Å². The van der Waals surface area contributed by atoms with Crippen LogP contribution in [0.25, 0.3) is 0 Å². The maximum atomic E-state index is 11.7. The number of nitrogens with zero attached hydrogens (tertiary/aromatic N) is 1. The Morgan fingerprint density at radius 3 is 2.06 bits per heavy atom. The molecule has 5 nitrogen and oxygen atoms in total. The van der Waals surface area contributed by atoms with Crippen LogP contribution in [-0.2, 0) is 10.0 Å². The monoisotopic (exact) mass is 242 g/mol. The molecular formula is C10H14N2O3S. The average molecular weight is 242 g/mol. The number of Topliss-reactive ketones (excluding diaryl/α,β-unsaturated/α-hetero) is 1. The topological polar surface area (TPSA) is 66.5 Å². The number of carbonyl (C=O) groups excluding carboxylic acids is 1. The number of hydrogen-bond donors (Lipinski definition) is 1. The Morgan fingerprint density at radius 2 is 1.69 bits per heavy atom. The highest BCUT2D eigenvalue weighted by Gasteiger charge is 2.14. The zero-order valence-corrected chi connectivity index (χ0v) is 10.2. The van der Waals surface area contributed by atoms with E-state index in [4.69, 9.17) is 0 Å². The van der Waals surface area contributed by atoms with Crippen molar-refractivity contribution < 1.29 is 13.2 Å². The minimum atomic E-state index is -3.54. The molecule has 0 amide bonds. The van der Waals surface area contributed by atoms with Crippen molar-refractivity contribution in [2.75, 3.05) is 14.1 Å². The predicted octanol–water partition coefficient (Wildman–Crippen LogP) is 0.644. The van der Waals surface area contributed by atoms with Crippen LogP contribution >= 0.6 is 0 Å². The number of hydrazine groups is 1. The van der Waals surface area contributed by atoms with Crippen LogP contribution in [0.15, 0.2) is 29.2 Å². The summed E-state index contributed by atoms with van der Waals surface area (Å²) >= 11 is 0. The van der Waals surface area contributed by atoms with Gasteiger partial charge in [-0.05, 0) is 19.1 Å². The molecule has 1 rings (SSSR count). The molecule has 1 N–H and O–H groups in total. The smallest absolute Gasteiger partial charge is 0.253 e. The molecule has 0 heterocycles. The van der Waals surface area contributed by atoms with Crippen LogP contribution in [-0.4, -0.2) is 33.3 Å². The summed E-state index contributed by atoms with van der Waals surface area (Å²) in [6.07, 6.45) is 0. The number of ketones is 1. The lowest BCUT2D eigenvalue weighted by atomic mass is 10.2. The summed E-state index contributed by atoms with van der Waals surface area (Å²) in [6.45, 7) is 1.43. The fourth-order valence-corrected chi connectivity index (χ4v) is 2.24. The van der Waals surface area contributed by atoms with Gasteiger partial charge in [-0.2, -0.15) is 0 Å². The summed E-state index contributed by atoms with van der Waals surface area (Å²) in [6, 6.07) is 5.80. The van der Waals surface area contributed by atoms with Crippen molar-refractivity contribution in [3.05, 3.63) is 29.8 Å². The molecule has 0 bridgehead atoms. The van der Waals surface area contributed by atoms with Gasteiger partial charge in [0, 0.05) is 19.7 Å². The van der Waals surface area contributed by atoms with Gasteiger partial charge in [0.25, 0.3) is 10.0 Å². The van der Waals surface area contributed by atoms with Crippen molar-refractivity contribution in [3.8, 4) is 0 Å². The summed E-state index contributed by atoms with van der Waals surface area (Å²) in [5.41, 5.74) is 0.490. The van der Waals surface area contributed by atoms with Crippen molar-refractivity contribution in [1.82, 2.24) is 9.84 Å². The zero-order valence-electron chi connectivity index (χ0n) is 9.39. The maximum Gasteiger partial charge on any atom is 0.253 e. The van der Waals surface area contributed by atoms with Gasteiger partial charge in [-0.15, -0.1) is 4.83 Å². The zero-order chi connectivity index (χ0) is 12.3. The molecule has 1 aromatic rings. The third-order valence-electron chi connectivity index (χ3n) is 1.87. The standard InChI is InChI=1S/C10H14N2O3S/c1-8(13)9-4-6-10(7-5-9)16(14,15)11-12(2)3/h4-7,11H,1-3H3. The van der Waals surface area contributed by atoms with Gasteiger partial charge in [0.05, 0.1) is 4.90 Å². The van der Waals surface area contributed by atoms with Crippen molar-refractivity contribution in [1.29, 1.82) is 0 Å². The maximum absolute atomic E-state index is 11.7. The summed E-state index contributed by atoms with van der Waals surface area (Å²) in [7, 11) is -0.368. The highest BCUT2D eigenvalue weighted by molar-refractivity contribution is 7.89. The molecule has 0 saturated carbocycles. The number of hydrogen-bond acceptors (Lipinski definition) is 4. The number of rotatable bonds is 4. The number of sulfonamides is 1. The summed E-state index contributed by atoms with van der Waals surface area (Å²) in [4.78, 5) is 13.4. The van der Waals surface area contributed by atoms with Gasteiger partial charge in [0.2, 0.25) is 0 Å². The van der Waals surface area contributed by atoms with E-state index in [1.807, 2.05) is 0 Å². The third kappa shape index (κ3) is 3.13. The van der Waals surface area contributed by atoms with Crippen molar-refractivity contribution in [2.45, 2.75) is 11.8 Å². The lowest BCUT2D eigenvalue weighted by molar-refractivity contribution is 0.101. The second kappa shape index (κ2) is 4.73. The first-order valence-corrected chi connectivity index (χ1v) is 6.12. The predicted molar refractivity (Wildman–Crippen MR) is 60.5 cm³/mol. The van der Waals surface area contributed by atoms with E-state index in [1.165, 1.54) is 36.2 Å². The van der Waals surface area contributed by atoms with Crippen molar-refractivity contribution in [2.24, 2.45) is 0 Å². The van der Waals surface area contributed by atoms with Gasteiger partial charge < -0.3 is 0 Å². The Kier molecular flexibility index (Phi) is 3.79. The van der Waals surface area contributed by atoms with E-state index in [9.17, 15) is 13.2 Å². The van der Waals surface area contributed by atoms with E-state index in [1.54, 1.807) is 14.1 Å². The van der Waals surface area contributed by atoms with Gasteiger partial charge in [0.15, 0.2) is 5.78 Å². The Hall–Kier alpha value is -1.24. The molecule has 0 radical (unpaired) electrons. The minimum absolute atomic E-state index is 0.0930. The fraction of sp³-hybridized carbons (Fsp3) is 0.300. The normalized spacial score (nSPS) is 11.8. The lowest BCUT2D eigenvalue weighted by Gasteiger charge is -2.12. The lowest BCUT2D eigenvalue weighted by Crippen LogP contribution is -2.36. The molecule has 0 fully saturated rings. The van der Waals surface area contributed by atoms with Crippen molar-refractivity contribution in [3.63, 3.8) is 0 Å². The van der Waals surface area contributed by atoms with E-state index in [0.717, 1.165) is 0 Å². The summed E-state index contributed by atoms with van der Waals surface area (Å²) in [5, 5.41) is 1.34. The Morgan fingerprint density at radius 1 is 1.19 bits per heavy atom. The highest BCUT2D eigenvalue weighted by atomic mass is 32.2. The second-order valence-corrected chi connectivity index (χ2v) is 5.23. The molecule has 0 aliphatic carbocycles. The molecule has 88 valence electrons. The number of carbonyl (C=O) groups is 1. The van der Waals surface area contributed by atoms with Gasteiger partial charge in [0.1, 0.15) is 0 Å². The molecule has 0 spiro atoms. The highest BCUT2D eigenvalue weighted by Crippen LogP contribution is 2.10. The van der Waals surface area contributed by atoms with E-state index in [0.29, 0.717) is 5.56 Å². The van der Waals surface area contributed by atoms with Crippen LogP contribution in [0.1, 0.15) is 17.3 Å². The van der Waals surface area contributed by atoms with Crippen LogP contribution in [0.4, 0.5) is 0 Å². The second-order valence-electron chi connectivity index (χ2n) is 3.57. The van der Waals surface area contributed by atoms with Gasteiger partial charge >= 0.3 is 0 Å². The molecule has 0 aromatic heterocycles. The first-order valence-electron chi connectivity index (χ1n) is 4.64. The Balaban J connectivity index is 3.02. The van der Waals surface area contributed by atoms with E-state index in [2.05, 4.69) is 4.83 Å². The van der Waals surface area contributed by atoms with Gasteiger partial charge in [-0.1, -0.05) is 12.1 Å². The molecule has 0 aliphatic rings. The quantitative estimate of drug-likeness (QED) is 0.621. The van der Waals surface area contributed by atoms with Crippen LogP contribution in [0.2, 0.25) is 0 Å². The molecule has 6 heteroatoms. The molecule has 16 heavy (non-hydrogen) atoms. The van der Waals surface area contributed by atoms with Crippen molar-refractivity contribution >= 4 is 15.8 Å². The fourth-order valence-electron chi connectivity index (χ4n) is 1.16. The molecule has 0 atom stereocenters. The molecule has 0 saturated heterocycles. The Labute approximate surface area is 95.1 Å². The average Bonchev–Trinajstić information content (AvgIpc) is 2.16. The SMILES string of the molecule is CC(=O)c1ccc(S(=O)(=O)NN(C)C)cc1. The largest absolute Gasteiger partial charge is 0.295 e. The Bertz CT molecular complexity index is 477. The van der Waals surface area contributed by atoms with E-state index >= 15 is 0 Å². The molecular weight excluding hydrogens is 228 g/mol. The van der Waals surface area contributed by atoms with Crippen LogP contribution in [0.3, 0.4) is 0 Å². The first kappa shape index (κ1) is 12.8. The minimum Gasteiger partial charge on any atom is -0.295 e. The summed E-state index contributed by atoms with van der Waals surface area (Å²) in [5.74, 6) is -0.0930. The molecule has 1 aromatic carbocycles. The van der Waals surface area contributed by atoms with Crippen LogP contribution < -0.4 is 4.83 Å². The third-order valence-corrected chi connectivity index (χ3v) is 3.37. The van der Waals surface area contributed by atoms with E-state index in [-0.39, 0.29) is 10.7 Å². The molecule has 0 aliphatic heterocycles.